The van der Waals surface area contributed by atoms with Crippen LogP contribution in [0.4, 0.5) is 5.69 Å². The zero-order valence-corrected chi connectivity index (χ0v) is 17.2. The molecule has 2 atom stereocenters. The third-order valence-electron chi connectivity index (χ3n) is 4.62. The average molecular weight is 390 g/mol. The number of sulfonamides is 1. The molecule has 0 aromatic heterocycles. The van der Waals surface area contributed by atoms with Crippen molar-refractivity contribution in [2.24, 2.45) is 17.6 Å². The van der Waals surface area contributed by atoms with Gasteiger partial charge in [0.15, 0.2) is 0 Å². The van der Waals surface area contributed by atoms with Gasteiger partial charge in [0.2, 0.25) is 10.0 Å². The topological polar surface area (TPSA) is 89.4 Å². The lowest BCUT2D eigenvalue weighted by Gasteiger charge is -2.29. The van der Waals surface area contributed by atoms with Crippen molar-refractivity contribution in [3.05, 3.63) is 60.2 Å². The van der Waals surface area contributed by atoms with Gasteiger partial charge in [-0.2, -0.15) is 4.31 Å². The van der Waals surface area contributed by atoms with Gasteiger partial charge >= 0.3 is 0 Å². The van der Waals surface area contributed by atoms with Gasteiger partial charge in [-0.05, 0) is 48.1 Å². The number of hydrogen-bond donors (Lipinski definition) is 2. The molecule has 0 amide bonds. The third-order valence-corrected chi connectivity index (χ3v) is 6.47. The highest BCUT2D eigenvalue weighted by Crippen LogP contribution is 2.21. The molecule has 2 unspecified atom stereocenters. The van der Waals surface area contributed by atoms with Gasteiger partial charge in [-0.1, -0.05) is 51.1 Å². The van der Waals surface area contributed by atoms with Crippen molar-refractivity contribution in [2.75, 3.05) is 18.8 Å². The molecule has 2 aromatic rings. The fraction of sp³-hybridized carbons (Fsp3) is 0.429. The Labute approximate surface area is 163 Å². The van der Waals surface area contributed by atoms with E-state index in [2.05, 4.69) is 0 Å². The first-order chi connectivity index (χ1) is 12.7. The normalized spacial score (nSPS) is 14.4. The van der Waals surface area contributed by atoms with Crippen LogP contribution in [-0.4, -0.2) is 31.9 Å². The minimum Gasteiger partial charge on any atom is -0.399 e. The lowest BCUT2D eigenvalue weighted by molar-refractivity contribution is 0.298. The van der Waals surface area contributed by atoms with Crippen LogP contribution in [-0.2, 0) is 16.4 Å². The summed E-state index contributed by atoms with van der Waals surface area (Å²) in [5.74, 6) is 0.235. The number of benzene rings is 2. The third kappa shape index (κ3) is 6.06. The van der Waals surface area contributed by atoms with Crippen LogP contribution >= 0.6 is 0 Å². The highest BCUT2D eigenvalue weighted by Gasteiger charge is 2.28. The van der Waals surface area contributed by atoms with Crippen LogP contribution < -0.4 is 11.5 Å². The first-order valence-corrected chi connectivity index (χ1v) is 10.8. The number of nitrogens with two attached hydrogens (primary N) is 2. The molecule has 27 heavy (non-hydrogen) atoms. The predicted octanol–water partition coefficient (Wildman–Crippen LogP) is 3.12. The largest absolute Gasteiger partial charge is 0.399 e. The number of rotatable bonds is 9. The van der Waals surface area contributed by atoms with E-state index in [9.17, 15) is 8.42 Å². The van der Waals surface area contributed by atoms with E-state index in [1.165, 1.54) is 0 Å². The molecule has 0 aliphatic heterocycles. The van der Waals surface area contributed by atoms with Crippen LogP contribution in [0, 0.1) is 11.8 Å². The van der Waals surface area contributed by atoms with Gasteiger partial charge in [-0.15, -0.1) is 0 Å². The zero-order chi connectivity index (χ0) is 20.0. The summed E-state index contributed by atoms with van der Waals surface area (Å²) >= 11 is 0. The van der Waals surface area contributed by atoms with E-state index in [4.69, 9.17) is 11.5 Å². The van der Waals surface area contributed by atoms with Gasteiger partial charge in [0, 0.05) is 24.8 Å². The van der Waals surface area contributed by atoms with E-state index in [0.717, 1.165) is 12.0 Å². The second-order valence-corrected chi connectivity index (χ2v) is 9.55. The second kappa shape index (κ2) is 9.35. The molecule has 0 saturated carbocycles. The van der Waals surface area contributed by atoms with Crippen molar-refractivity contribution in [3.63, 3.8) is 0 Å². The molecule has 0 bridgehead atoms. The van der Waals surface area contributed by atoms with Gasteiger partial charge in [0.1, 0.15) is 0 Å². The molecular weight excluding hydrogens is 358 g/mol. The second-order valence-electron chi connectivity index (χ2n) is 7.62. The van der Waals surface area contributed by atoms with E-state index in [1.54, 1.807) is 28.6 Å². The Hall–Kier alpha value is -1.89. The molecule has 0 fully saturated rings. The van der Waals surface area contributed by atoms with E-state index < -0.39 is 10.0 Å². The van der Waals surface area contributed by atoms with Crippen molar-refractivity contribution in [3.8, 4) is 0 Å². The molecule has 5 nitrogen and oxygen atoms in total. The van der Waals surface area contributed by atoms with E-state index in [-0.39, 0.29) is 22.8 Å². The molecule has 148 valence electrons. The standard InChI is InChI=1S/C21H31N3O2S/c1-16(2)14-24(27(25,26)20-11-9-19(22)10-12-20)15-17(3)21(23)13-18-7-5-4-6-8-18/h4-12,16-17,21H,13-15,22-23H2,1-3H3. The molecule has 0 radical (unpaired) electrons. The van der Waals surface area contributed by atoms with Crippen molar-refractivity contribution in [1.29, 1.82) is 0 Å². The number of nitrogens with zero attached hydrogens (tertiary/aromatic N) is 1. The highest BCUT2D eigenvalue weighted by atomic mass is 32.2. The summed E-state index contributed by atoms with van der Waals surface area (Å²) in [5, 5.41) is 0. The highest BCUT2D eigenvalue weighted by molar-refractivity contribution is 7.89. The van der Waals surface area contributed by atoms with Crippen LogP contribution in [0.15, 0.2) is 59.5 Å². The number of nitrogen functional groups attached to an aromatic ring is 1. The Morgan fingerprint density at radius 3 is 2.07 bits per heavy atom. The van der Waals surface area contributed by atoms with Gasteiger partial charge in [0.25, 0.3) is 0 Å². The SMILES string of the molecule is CC(C)CN(CC(C)C(N)Cc1ccccc1)S(=O)(=O)c1ccc(N)cc1. The van der Waals surface area contributed by atoms with E-state index >= 15 is 0 Å². The molecule has 2 aromatic carbocycles. The minimum atomic E-state index is -3.59. The fourth-order valence-electron chi connectivity index (χ4n) is 3.01. The summed E-state index contributed by atoms with van der Waals surface area (Å²) in [6.07, 6.45) is 0.722. The van der Waals surface area contributed by atoms with Crippen LogP contribution in [0.1, 0.15) is 26.3 Å². The molecule has 2 rings (SSSR count). The van der Waals surface area contributed by atoms with Crippen molar-refractivity contribution < 1.29 is 8.42 Å². The van der Waals surface area contributed by atoms with E-state index in [1.807, 2.05) is 51.1 Å². The first-order valence-electron chi connectivity index (χ1n) is 9.35. The lowest BCUT2D eigenvalue weighted by atomic mass is 9.95. The predicted molar refractivity (Wildman–Crippen MR) is 112 cm³/mol. The Kier molecular flexibility index (Phi) is 7.41. The molecular formula is C21H31N3O2S. The minimum absolute atomic E-state index is 0.0208. The molecule has 4 N–H and O–H groups in total. The molecule has 0 heterocycles. The Morgan fingerprint density at radius 1 is 0.926 bits per heavy atom. The Morgan fingerprint density at radius 2 is 1.52 bits per heavy atom. The summed E-state index contributed by atoms with van der Waals surface area (Å²) in [6.45, 7) is 6.88. The smallest absolute Gasteiger partial charge is 0.243 e. The van der Waals surface area contributed by atoms with Gasteiger partial charge in [0.05, 0.1) is 4.90 Å². The maximum atomic E-state index is 13.1. The lowest BCUT2D eigenvalue weighted by Crippen LogP contribution is -2.43. The summed E-state index contributed by atoms with van der Waals surface area (Å²) in [6, 6.07) is 16.3. The molecule has 0 aliphatic rings. The van der Waals surface area contributed by atoms with Crippen molar-refractivity contribution in [2.45, 2.75) is 38.1 Å². The maximum absolute atomic E-state index is 13.1. The first kappa shape index (κ1) is 21.4. The molecule has 0 saturated heterocycles. The van der Waals surface area contributed by atoms with Gasteiger partial charge < -0.3 is 11.5 Å². The summed E-state index contributed by atoms with van der Waals surface area (Å²) in [4.78, 5) is 0.265. The number of hydrogen-bond acceptors (Lipinski definition) is 4. The fourth-order valence-corrected chi connectivity index (χ4v) is 4.71. The van der Waals surface area contributed by atoms with Gasteiger partial charge in [-0.25, -0.2) is 8.42 Å². The summed E-state index contributed by atoms with van der Waals surface area (Å²) in [7, 11) is -3.59. The van der Waals surface area contributed by atoms with Crippen LogP contribution in [0.25, 0.3) is 0 Å². The van der Waals surface area contributed by atoms with Crippen LogP contribution in [0.3, 0.4) is 0 Å². The summed E-state index contributed by atoms with van der Waals surface area (Å²) in [5.41, 5.74) is 13.8. The number of anilines is 1. The average Bonchev–Trinajstić information content (AvgIpc) is 2.62. The molecule has 6 heteroatoms. The molecule has 0 aliphatic carbocycles. The quantitative estimate of drug-likeness (QED) is 0.645. The maximum Gasteiger partial charge on any atom is 0.243 e. The zero-order valence-electron chi connectivity index (χ0n) is 16.4. The van der Waals surface area contributed by atoms with Crippen LogP contribution in [0.5, 0.6) is 0 Å². The van der Waals surface area contributed by atoms with Gasteiger partial charge in [-0.3, -0.25) is 0 Å². The van der Waals surface area contributed by atoms with Crippen molar-refractivity contribution in [1.82, 2.24) is 4.31 Å². The molecule has 0 spiro atoms. The van der Waals surface area contributed by atoms with Crippen molar-refractivity contribution >= 4 is 15.7 Å². The summed E-state index contributed by atoms with van der Waals surface area (Å²) < 4.78 is 27.8. The Balaban J connectivity index is 2.16. The van der Waals surface area contributed by atoms with E-state index in [0.29, 0.717) is 18.8 Å². The monoisotopic (exact) mass is 389 g/mol. The van der Waals surface area contributed by atoms with Crippen LogP contribution in [0.2, 0.25) is 0 Å². The Bertz CT molecular complexity index is 805.